The van der Waals surface area contributed by atoms with E-state index in [0.717, 1.165) is 54.0 Å². The van der Waals surface area contributed by atoms with E-state index in [4.69, 9.17) is 9.47 Å². The predicted molar refractivity (Wildman–Crippen MR) is 196 cm³/mol. The Bertz CT molecular complexity index is 1500. The minimum Gasteiger partial charge on any atom is -0.497 e. The number of rotatable bonds is 13. The van der Waals surface area contributed by atoms with E-state index in [1.807, 2.05) is 103 Å². The maximum Gasteiger partial charge on any atom is 0.318 e. The number of nitrogens with zero attached hydrogens (tertiary/aromatic N) is 3. The van der Waals surface area contributed by atoms with Gasteiger partial charge < -0.3 is 34.8 Å². The largest absolute Gasteiger partial charge is 0.497 e. The number of carbonyl (C=O) groups is 3. The molecule has 268 valence electrons. The summed E-state index contributed by atoms with van der Waals surface area (Å²) in [5, 5.41) is 6.10. The van der Waals surface area contributed by atoms with Crippen molar-refractivity contribution in [3.63, 3.8) is 0 Å². The molecule has 0 unspecified atom stereocenters. The Morgan fingerprint density at radius 2 is 1.32 bits per heavy atom. The van der Waals surface area contributed by atoms with Crippen molar-refractivity contribution >= 4 is 23.5 Å². The van der Waals surface area contributed by atoms with Gasteiger partial charge in [-0.1, -0.05) is 69.2 Å². The standard InChI is InChI=1S/C40H53N5O5/c1-30(2)27-36(42-40(48)45-21-9-4-5-10-22-45)38(46)41-37(28-31-13-17-35(18-14-31)50-29-32-11-7-6-8-12-32)39(47)44-25-23-43(24-26-44)33-15-19-34(49-3)20-16-33/h6-8,11-20,30,36-37H,4-5,9-10,21-29H2,1-3H3,(H,41,46)(H,42,48)/t36-,37-/m0/s1. The number of ether oxygens (including phenoxy) is 2. The summed E-state index contributed by atoms with van der Waals surface area (Å²) in [6, 6.07) is 23.9. The van der Waals surface area contributed by atoms with Crippen molar-refractivity contribution in [1.82, 2.24) is 20.4 Å². The number of benzene rings is 3. The second-order valence-electron chi connectivity index (χ2n) is 13.7. The first-order chi connectivity index (χ1) is 24.3. The highest BCUT2D eigenvalue weighted by molar-refractivity contribution is 5.92. The lowest BCUT2D eigenvalue weighted by Gasteiger charge is -2.38. The Labute approximate surface area is 297 Å². The van der Waals surface area contributed by atoms with E-state index in [1.165, 1.54) is 0 Å². The van der Waals surface area contributed by atoms with Gasteiger partial charge >= 0.3 is 6.03 Å². The predicted octanol–water partition coefficient (Wildman–Crippen LogP) is 5.65. The molecule has 3 aromatic carbocycles. The zero-order valence-electron chi connectivity index (χ0n) is 29.8. The van der Waals surface area contributed by atoms with E-state index >= 15 is 0 Å². The van der Waals surface area contributed by atoms with Crippen molar-refractivity contribution < 1.29 is 23.9 Å². The lowest BCUT2D eigenvalue weighted by atomic mass is 10.0. The zero-order valence-corrected chi connectivity index (χ0v) is 29.8. The molecule has 0 spiro atoms. The van der Waals surface area contributed by atoms with E-state index in [2.05, 4.69) is 15.5 Å². The van der Waals surface area contributed by atoms with Gasteiger partial charge in [0.1, 0.15) is 30.2 Å². The number of nitrogens with one attached hydrogen (secondary N) is 2. The highest BCUT2D eigenvalue weighted by Crippen LogP contribution is 2.22. The Morgan fingerprint density at radius 1 is 0.680 bits per heavy atom. The van der Waals surface area contributed by atoms with Gasteiger partial charge in [0.15, 0.2) is 0 Å². The highest BCUT2D eigenvalue weighted by atomic mass is 16.5. The van der Waals surface area contributed by atoms with E-state index in [9.17, 15) is 14.4 Å². The average Bonchev–Trinajstić information content (AvgIpc) is 3.44. The van der Waals surface area contributed by atoms with Gasteiger partial charge in [-0.15, -0.1) is 0 Å². The van der Waals surface area contributed by atoms with Crippen LogP contribution in [0, 0.1) is 5.92 Å². The monoisotopic (exact) mass is 683 g/mol. The third kappa shape index (κ3) is 10.6. The lowest BCUT2D eigenvalue weighted by molar-refractivity contribution is -0.137. The lowest BCUT2D eigenvalue weighted by Crippen LogP contribution is -2.59. The number of hydrogen-bond acceptors (Lipinski definition) is 6. The molecule has 4 amide bonds. The first kappa shape index (κ1) is 36.5. The minimum atomic E-state index is -0.795. The normalized spacial score (nSPS) is 16.3. The third-order valence-corrected chi connectivity index (χ3v) is 9.47. The molecule has 2 saturated heterocycles. The van der Waals surface area contributed by atoms with Crippen LogP contribution in [0.15, 0.2) is 78.9 Å². The third-order valence-electron chi connectivity index (χ3n) is 9.47. The van der Waals surface area contributed by atoms with Crippen LogP contribution in [0.4, 0.5) is 10.5 Å². The number of anilines is 1. The van der Waals surface area contributed by atoms with Crippen LogP contribution >= 0.6 is 0 Å². The van der Waals surface area contributed by atoms with Crippen LogP contribution in [0.25, 0.3) is 0 Å². The number of piperazine rings is 1. The van der Waals surface area contributed by atoms with Crippen LogP contribution in [0.5, 0.6) is 11.5 Å². The summed E-state index contributed by atoms with van der Waals surface area (Å²) < 4.78 is 11.3. The van der Waals surface area contributed by atoms with Gasteiger partial charge in [-0.3, -0.25) is 9.59 Å². The average molecular weight is 684 g/mol. The molecule has 50 heavy (non-hydrogen) atoms. The SMILES string of the molecule is COc1ccc(N2CCN(C(=O)[C@H](Cc3ccc(OCc4ccccc4)cc3)NC(=O)[C@H](CC(C)C)NC(=O)N3CCCCCC3)CC2)cc1. The first-order valence-corrected chi connectivity index (χ1v) is 18.1. The van der Waals surface area contributed by atoms with Crippen LogP contribution in [0.2, 0.25) is 0 Å². The number of urea groups is 1. The molecular formula is C40H53N5O5. The van der Waals surface area contributed by atoms with Crippen LogP contribution in [0.1, 0.15) is 57.1 Å². The van der Waals surface area contributed by atoms with Crippen molar-refractivity contribution in [2.45, 2.75) is 71.1 Å². The van der Waals surface area contributed by atoms with Gasteiger partial charge in [-0.2, -0.15) is 0 Å². The molecule has 0 bridgehead atoms. The van der Waals surface area contributed by atoms with Crippen molar-refractivity contribution in [3.05, 3.63) is 90.0 Å². The molecular weight excluding hydrogens is 630 g/mol. The van der Waals surface area contributed by atoms with Crippen LogP contribution in [-0.4, -0.2) is 86.1 Å². The second-order valence-corrected chi connectivity index (χ2v) is 13.7. The Hall–Kier alpha value is -4.73. The molecule has 2 N–H and O–H groups in total. The van der Waals surface area contributed by atoms with Crippen molar-refractivity contribution in [3.8, 4) is 11.5 Å². The van der Waals surface area contributed by atoms with Gasteiger partial charge in [-0.25, -0.2) is 4.79 Å². The van der Waals surface area contributed by atoms with Crippen LogP contribution in [0.3, 0.4) is 0 Å². The molecule has 2 atom stereocenters. The number of methoxy groups -OCH3 is 1. The van der Waals surface area contributed by atoms with Gasteiger partial charge in [0.2, 0.25) is 11.8 Å². The fraction of sp³-hybridized carbons (Fsp3) is 0.475. The van der Waals surface area contributed by atoms with Gasteiger partial charge in [0.05, 0.1) is 7.11 Å². The molecule has 2 fully saturated rings. The van der Waals surface area contributed by atoms with Crippen molar-refractivity contribution in [1.29, 1.82) is 0 Å². The first-order valence-electron chi connectivity index (χ1n) is 18.1. The molecule has 2 aliphatic rings. The molecule has 0 aliphatic carbocycles. The van der Waals surface area contributed by atoms with E-state index < -0.39 is 12.1 Å². The smallest absolute Gasteiger partial charge is 0.318 e. The molecule has 5 rings (SSSR count). The number of likely N-dealkylation sites (tertiary alicyclic amines) is 1. The summed E-state index contributed by atoms with van der Waals surface area (Å²) in [5.74, 6) is 1.24. The van der Waals surface area contributed by atoms with Crippen molar-refractivity contribution in [2.24, 2.45) is 5.92 Å². The fourth-order valence-corrected chi connectivity index (χ4v) is 6.59. The molecule has 0 aromatic heterocycles. The molecule has 10 heteroatoms. The van der Waals surface area contributed by atoms with E-state index in [0.29, 0.717) is 58.7 Å². The quantitative estimate of drug-likeness (QED) is 0.242. The van der Waals surface area contributed by atoms with Gasteiger partial charge in [0.25, 0.3) is 0 Å². The Balaban J connectivity index is 1.28. The molecule has 0 radical (unpaired) electrons. The molecule has 0 saturated carbocycles. The van der Waals surface area contributed by atoms with Crippen LogP contribution < -0.4 is 25.0 Å². The zero-order chi connectivity index (χ0) is 35.3. The summed E-state index contributed by atoms with van der Waals surface area (Å²) in [7, 11) is 1.65. The molecule has 2 aliphatic heterocycles. The second kappa shape index (κ2) is 18.3. The highest BCUT2D eigenvalue weighted by Gasteiger charge is 2.32. The summed E-state index contributed by atoms with van der Waals surface area (Å²) in [5.41, 5.74) is 3.06. The number of hydrogen-bond donors (Lipinski definition) is 2. The Morgan fingerprint density at radius 3 is 1.94 bits per heavy atom. The fourth-order valence-electron chi connectivity index (χ4n) is 6.59. The maximum atomic E-state index is 14.2. The number of carbonyl (C=O) groups excluding carboxylic acids is 3. The van der Waals surface area contributed by atoms with Gasteiger partial charge in [-0.05, 0) is 72.7 Å². The minimum absolute atomic E-state index is 0.126. The Kier molecular flexibility index (Phi) is 13.4. The molecule has 10 nitrogen and oxygen atoms in total. The maximum absolute atomic E-state index is 14.2. The summed E-state index contributed by atoms with van der Waals surface area (Å²) in [4.78, 5) is 47.4. The van der Waals surface area contributed by atoms with Crippen LogP contribution in [-0.2, 0) is 22.6 Å². The number of amides is 4. The molecule has 2 heterocycles. The summed E-state index contributed by atoms with van der Waals surface area (Å²) in [6.07, 6.45) is 4.94. The van der Waals surface area contributed by atoms with E-state index in [-0.39, 0.29) is 23.8 Å². The summed E-state index contributed by atoms with van der Waals surface area (Å²) in [6.45, 7) is 8.32. The molecule has 3 aromatic rings. The summed E-state index contributed by atoms with van der Waals surface area (Å²) >= 11 is 0. The topological polar surface area (TPSA) is 103 Å². The van der Waals surface area contributed by atoms with Crippen molar-refractivity contribution in [2.75, 3.05) is 51.3 Å². The van der Waals surface area contributed by atoms with E-state index in [1.54, 1.807) is 7.11 Å². The van der Waals surface area contributed by atoms with Gasteiger partial charge in [0, 0.05) is 51.4 Å².